The van der Waals surface area contributed by atoms with Crippen molar-refractivity contribution in [3.05, 3.63) is 69.7 Å². The maximum absolute atomic E-state index is 13.1. The predicted octanol–water partition coefficient (Wildman–Crippen LogP) is 5.04. The number of nitrogens with zero attached hydrogens (tertiary/aromatic N) is 4. The largest absolute Gasteiger partial charge is 0.314 e. The maximum atomic E-state index is 13.1. The molecule has 2 aromatic carbocycles. The van der Waals surface area contributed by atoms with Crippen LogP contribution in [0.3, 0.4) is 0 Å². The van der Waals surface area contributed by atoms with E-state index in [4.69, 9.17) is 23.2 Å². The van der Waals surface area contributed by atoms with E-state index in [0.717, 1.165) is 17.1 Å². The Hall–Kier alpha value is -1.82. The first kappa shape index (κ1) is 19.5. The summed E-state index contributed by atoms with van der Waals surface area (Å²) < 4.78 is 15.0. The minimum Gasteiger partial charge on any atom is -0.314 e. The molecular formula is C17H16Cl3FN4. The molecule has 0 atom stereocenters. The summed E-state index contributed by atoms with van der Waals surface area (Å²) in [6.45, 7) is 0. The lowest BCUT2D eigenvalue weighted by Gasteiger charge is -2.18. The molecule has 8 heteroatoms. The molecular weight excluding hydrogens is 386 g/mol. The average molecular weight is 402 g/mol. The molecule has 4 nitrogen and oxygen atoms in total. The highest BCUT2D eigenvalue weighted by Crippen LogP contribution is 2.25. The third-order valence-electron chi connectivity index (χ3n) is 3.82. The highest BCUT2D eigenvalue weighted by molar-refractivity contribution is 6.35. The second kappa shape index (κ2) is 8.04. The molecule has 0 bridgehead atoms. The smallest absolute Gasteiger partial charge is 0.231 e. The topological polar surface area (TPSA) is 34.0 Å². The Balaban J connectivity index is 0.00000225. The van der Waals surface area contributed by atoms with Gasteiger partial charge in [0.15, 0.2) is 0 Å². The summed E-state index contributed by atoms with van der Waals surface area (Å²) in [7, 11) is 3.74. The molecule has 0 aliphatic rings. The van der Waals surface area contributed by atoms with Crippen molar-refractivity contribution in [1.82, 2.24) is 14.8 Å². The number of rotatable bonds is 4. The summed E-state index contributed by atoms with van der Waals surface area (Å²) in [5.41, 5.74) is 1.75. The number of halogens is 4. The van der Waals surface area contributed by atoms with Crippen LogP contribution < -0.4 is 4.90 Å². The summed E-state index contributed by atoms with van der Waals surface area (Å²) >= 11 is 12.1. The highest BCUT2D eigenvalue weighted by atomic mass is 35.5. The van der Waals surface area contributed by atoms with E-state index < -0.39 is 0 Å². The number of aromatic nitrogens is 3. The highest BCUT2D eigenvalue weighted by Gasteiger charge is 2.15. The van der Waals surface area contributed by atoms with Crippen LogP contribution in [-0.4, -0.2) is 21.8 Å². The first-order valence-corrected chi connectivity index (χ1v) is 8.03. The monoisotopic (exact) mass is 400 g/mol. The van der Waals surface area contributed by atoms with Crippen LogP contribution >= 0.6 is 35.6 Å². The number of anilines is 2. The Morgan fingerprint density at radius 3 is 2.40 bits per heavy atom. The summed E-state index contributed by atoms with van der Waals surface area (Å²) in [6, 6.07) is 11.6. The van der Waals surface area contributed by atoms with Crippen LogP contribution in [0.1, 0.15) is 11.4 Å². The van der Waals surface area contributed by atoms with Crippen molar-refractivity contribution in [1.29, 1.82) is 0 Å². The second-order valence-electron chi connectivity index (χ2n) is 5.42. The van der Waals surface area contributed by atoms with Gasteiger partial charge in [-0.05, 0) is 42.0 Å². The Bertz CT molecular complexity index is 865. The van der Waals surface area contributed by atoms with E-state index in [1.807, 2.05) is 29.6 Å². The molecule has 0 fully saturated rings. The Kier molecular flexibility index (Phi) is 6.27. The van der Waals surface area contributed by atoms with Crippen molar-refractivity contribution in [2.75, 3.05) is 11.9 Å². The van der Waals surface area contributed by atoms with Gasteiger partial charge in [0.05, 0.1) is 0 Å². The van der Waals surface area contributed by atoms with Crippen molar-refractivity contribution < 1.29 is 4.39 Å². The Morgan fingerprint density at radius 2 is 1.76 bits per heavy atom. The normalized spacial score (nSPS) is 10.4. The summed E-state index contributed by atoms with van der Waals surface area (Å²) in [6.07, 6.45) is 0.538. The number of hydrogen-bond acceptors (Lipinski definition) is 3. The van der Waals surface area contributed by atoms with Crippen LogP contribution in [0.2, 0.25) is 10.0 Å². The Labute approximate surface area is 161 Å². The lowest BCUT2D eigenvalue weighted by Crippen LogP contribution is -2.15. The van der Waals surface area contributed by atoms with E-state index >= 15 is 0 Å². The fraction of sp³-hybridized carbons (Fsp3) is 0.176. The molecule has 132 valence electrons. The fourth-order valence-corrected chi connectivity index (χ4v) is 2.89. The van der Waals surface area contributed by atoms with Crippen molar-refractivity contribution in [2.24, 2.45) is 7.05 Å². The van der Waals surface area contributed by atoms with Gasteiger partial charge in [-0.1, -0.05) is 29.3 Å². The molecule has 3 rings (SSSR count). The molecule has 0 N–H and O–H groups in total. The zero-order valence-electron chi connectivity index (χ0n) is 13.6. The van der Waals surface area contributed by atoms with Gasteiger partial charge < -0.3 is 4.90 Å². The van der Waals surface area contributed by atoms with Gasteiger partial charge in [0.1, 0.15) is 11.6 Å². The SMILES string of the molecule is CN(c1ccc(F)cc1)c1nnc(Cc2ccc(Cl)cc2Cl)n1C.Cl. The van der Waals surface area contributed by atoms with Gasteiger partial charge in [-0.2, -0.15) is 0 Å². The van der Waals surface area contributed by atoms with Crippen molar-refractivity contribution in [3.8, 4) is 0 Å². The van der Waals surface area contributed by atoms with E-state index in [9.17, 15) is 4.39 Å². The van der Waals surface area contributed by atoms with Gasteiger partial charge in [0, 0.05) is 36.2 Å². The third-order valence-corrected chi connectivity index (χ3v) is 4.41. The van der Waals surface area contributed by atoms with E-state index in [1.165, 1.54) is 12.1 Å². The maximum Gasteiger partial charge on any atom is 0.231 e. The quantitative estimate of drug-likeness (QED) is 0.614. The third kappa shape index (κ3) is 4.24. The second-order valence-corrected chi connectivity index (χ2v) is 6.27. The zero-order valence-corrected chi connectivity index (χ0v) is 15.9. The van der Waals surface area contributed by atoms with Crippen molar-refractivity contribution >= 4 is 47.2 Å². The van der Waals surface area contributed by atoms with Crippen molar-refractivity contribution in [2.45, 2.75) is 6.42 Å². The van der Waals surface area contributed by atoms with Crippen LogP contribution in [-0.2, 0) is 13.5 Å². The van der Waals surface area contributed by atoms with Crippen molar-refractivity contribution in [3.63, 3.8) is 0 Å². The van der Waals surface area contributed by atoms with Crippen LogP contribution in [0.15, 0.2) is 42.5 Å². The fourth-order valence-electron chi connectivity index (χ4n) is 2.41. The molecule has 1 heterocycles. The zero-order chi connectivity index (χ0) is 17.3. The van der Waals surface area contributed by atoms with Crippen LogP contribution in [0, 0.1) is 5.82 Å². The summed E-state index contributed by atoms with van der Waals surface area (Å²) in [5, 5.41) is 9.67. The van der Waals surface area contributed by atoms with Crippen LogP contribution in [0.4, 0.5) is 16.0 Å². The van der Waals surface area contributed by atoms with E-state index in [0.29, 0.717) is 22.4 Å². The summed E-state index contributed by atoms with van der Waals surface area (Å²) in [5.74, 6) is 1.15. The molecule has 25 heavy (non-hydrogen) atoms. The van der Waals surface area contributed by atoms with Gasteiger partial charge >= 0.3 is 0 Å². The molecule has 0 amide bonds. The standard InChI is InChI=1S/C17H15Cl2FN4.ClH/c1-23(14-7-5-13(20)6-8-14)17-22-21-16(24(17)2)9-11-3-4-12(18)10-15(11)19;/h3-8,10H,9H2,1-2H3;1H. The molecule has 1 aromatic heterocycles. The molecule has 0 spiro atoms. The van der Waals surface area contributed by atoms with E-state index in [2.05, 4.69) is 10.2 Å². The first-order chi connectivity index (χ1) is 11.5. The Morgan fingerprint density at radius 1 is 1.08 bits per heavy atom. The molecule has 0 saturated heterocycles. The van der Waals surface area contributed by atoms with Gasteiger partial charge in [0.25, 0.3) is 0 Å². The van der Waals surface area contributed by atoms with Gasteiger partial charge in [-0.3, -0.25) is 4.57 Å². The average Bonchev–Trinajstić information content (AvgIpc) is 2.91. The lowest BCUT2D eigenvalue weighted by molar-refractivity contribution is 0.628. The minimum atomic E-state index is -0.275. The summed E-state index contributed by atoms with van der Waals surface area (Å²) in [4.78, 5) is 1.85. The molecule has 0 aliphatic carbocycles. The first-order valence-electron chi connectivity index (χ1n) is 7.27. The molecule has 0 saturated carbocycles. The van der Waals surface area contributed by atoms with E-state index in [-0.39, 0.29) is 18.2 Å². The molecule has 0 unspecified atom stereocenters. The van der Waals surface area contributed by atoms with E-state index in [1.54, 1.807) is 24.3 Å². The predicted molar refractivity (Wildman–Crippen MR) is 102 cm³/mol. The number of hydrogen-bond donors (Lipinski definition) is 0. The van der Waals surface area contributed by atoms with Gasteiger partial charge in [-0.25, -0.2) is 4.39 Å². The van der Waals surface area contributed by atoms with Crippen LogP contribution in [0.5, 0.6) is 0 Å². The van der Waals surface area contributed by atoms with Gasteiger partial charge in [0.2, 0.25) is 5.95 Å². The molecule has 3 aromatic rings. The lowest BCUT2D eigenvalue weighted by atomic mass is 10.1. The minimum absolute atomic E-state index is 0. The van der Waals surface area contributed by atoms with Crippen LogP contribution in [0.25, 0.3) is 0 Å². The van der Waals surface area contributed by atoms with Gasteiger partial charge in [-0.15, -0.1) is 22.6 Å². The number of benzene rings is 2. The molecule has 0 radical (unpaired) electrons. The molecule has 0 aliphatic heterocycles.